The lowest BCUT2D eigenvalue weighted by Crippen LogP contribution is -2.21. The van der Waals surface area contributed by atoms with Gasteiger partial charge in [0.15, 0.2) is 6.61 Å². The molecule has 0 saturated carbocycles. The number of amides is 1. The summed E-state index contributed by atoms with van der Waals surface area (Å²) >= 11 is 0. The van der Waals surface area contributed by atoms with Crippen LogP contribution >= 0.6 is 0 Å². The van der Waals surface area contributed by atoms with E-state index in [9.17, 15) is 19.5 Å². The van der Waals surface area contributed by atoms with E-state index in [1.165, 1.54) is 36.4 Å². The SMILES string of the molecule is CCCOC(=O)c1ccc(NC(=O)COC(=O)c2ccc(O)cc2)cc1. The average molecular weight is 357 g/mol. The van der Waals surface area contributed by atoms with Gasteiger partial charge in [-0.15, -0.1) is 0 Å². The van der Waals surface area contributed by atoms with Crippen LogP contribution in [0.25, 0.3) is 0 Å². The summed E-state index contributed by atoms with van der Waals surface area (Å²) in [7, 11) is 0. The molecule has 0 bridgehead atoms. The summed E-state index contributed by atoms with van der Waals surface area (Å²) in [5.74, 6) is -1.58. The normalized spacial score (nSPS) is 10.0. The van der Waals surface area contributed by atoms with Gasteiger partial charge in [0.05, 0.1) is 17.7 Å². The van der Waals surface area contributed by atoms with Gasteiger partial charge in [0, 0.05) is 5.69 Å². The molecular formula is C19H19NO6. The number of benzene rings is 2. The van der Waals surface area contributed by atoms with E-state index < -0.39 is 24.5 Å². The van der Waals surface area contributed by atoms with Gasteiger partial charge in [0.1, 0.15) is 5.75 Å². The van der Waals surface area contributed by atoms with Crippen molar-refractivity contribution in [3.8, 4) is 5.75 Å². The molecule has 136 valence electrons. The van der Waals surface area contributed by atoms with E-state index in [-0.39, 0.29) is 11.3 Å². The minimum absolute atomic E-state index is 0.0290. The molecule has 2 rings (SSSR count). The smallest absolute Gasteiger partial charge is 0.338 e. The molecular weight excluding hydrogens is 338 g/mol. The molecule has 0 aliphatic rings. The summed E-state index contributed by atoms with van der Waals surface area (Å²) in [5.41, 5.74) is 1.07. The zero-order valence-electron chi connectivity index (χ0n) is 14.2. The summed E-state index contributed by atoms with van der Waals surface area (Å²) in [6.45, 7) is 1.80. The van der Waals surface area contributed by atoms with Crippen LogP contribution in [0, 0.1) is 0 Å². The lowest BCUT2D eigenvalue weighted by molar-refractivity contribution is -0.119. The van der Waals surface area contributed by atoms with Crippen LogP contribution in [0.1, 0.15) is 34.1 Å². The predicted octanol–water partition coefficient (Wildman–Crippen LogP) is 2.75. The number of phenolic OH excluding ortho intramolecular Hbond substituents is 1. The maximum Gasteiger partial charge on any atom is 0.338 e. The van der Waals surface area contributed by atoms with Crippen molar-refractivity contribution in [2.45, 2.75) is 13.3 Å². The van der Waals surface area contributed by atoms with Crippen LogP contribution in [0.15, 0.2) is 48.5 Å². The number of aromatic hydroxyl groups is 1. The van der Waals surface area contributed by atoms with Crippen LogP contribution in [0.4, 0.5) is 5.69 Å². The lowest BCUT2D eigenvalue weighted by Gasteiger charge is -2.08. The highest BCUT2D eigenvalue weighted by Crippen LogP contribution is 2.12. The van der Waals surface area contributed by atoms with Crippen molar-refractivity contribution in [1.82, 2.24) is 0 Å². The number of nitrogens with one attached hydrogen (secondary N) is 1. The van der Waals surface area contributed by atoms with E-state index in [0.717, 1.165) is 6.42 Å². The van der Waals surface area contributed by atoms with Gasteiger partial charge in [0.2, 0.25) is 0 Å². The highest BCUT2D eigenvalue weighted by atomic mass is 16.5. The Morgan fingerprint density at radius 1 is 0.885 bits per heavy atom. The molecule has 0 fully saturated rings. The minimum atomic E-state index is -0.672. The van der Waals surface area contributed by atoms with Gasteiger partial charge in [-0.25, -0.2) is 9.59 Å². The van der Waals surface area contributed by atoms with Crippen LogP contribution in [0.5, 0.6) is 5.75 Å². The molecule has 7 heteroatoms. The molecule has 2 aromatic rings. The highest BCUT2D eigenvalue weighted by molar-refractivity contribution is 5.96. The van der Waals surface area contributed by atoms with Gasteiger partial charge in [-0.1, -0.05) is 6.92 Å². The molecule has 7 nitrogen and oxygen atoms in total. The van der Waals surface area contributed by atoms with E-state index in [4.69, 9.17) is 9.47 Å². The number of anilines is 1. The Kier molecular flexibility index (Phi) is 6.73. The van der Waals surface area contributed by atoms with Crippen LogP contribution in [-0.4, -0.2) is 36.2 Å². The summed E-state index contributed by atoms with van der Waals surface area (Å²) in [6, 6.07) is 11.7. The Bertz CT molecular complexity index is 768. The monoisotopic (exact) mass is 357 g/mol. The summed E-state index contributed by atoms with van der Waals surface area (Å²) < 4.78 is 9.91. The number of rotatable bonds is 7. The van der Waals surface area contributed by atoms with E-state index in [1.807, 2.05) is 6.92 Å². The van der Waals surface area contributed by atoms with Gasteiger partial charge in [-0.2, -0.15) is 0 Å². The molecule has 0 spiro atoms. The van der Waals surface area contributed by atoms with Crippen molar-refractivity contribution in [2.75, 3.05) is 18.5 Å². The average Bonchev–Trinajstić information content (AvgIpc) is 2.65. The van der Waals surface area contributed by atoms with Crippen LogP contribution in [0.2, 0.25) is 0 Å². The largest absolute Gasteiger partial charge is 0.508 e. The zero-order valence-corrected chi connectivity index (χ0v) is 14.2. The van der Waals surface area contributed by atoms with Crippen molar-refractivity contribution in [1.29, 1.82) is 0 Å². The Labute approximate surface area is 150 Å². The number of hydrogen-bond donors (Lipinski definition) is 2. The first-order valence-corrected chi connectivity index (χ1v) is 8.02. The first-order valence-electron chi connectivity index (χ1n) is 8.02. The topological polar surface area (TPSA) is 102 Å². The third kappa shape index (κ3) is 5.62. The predicted molar refractivity (Wildman–Crippen MR) is 94.0 cm³/mol. The Balaban J connectivity index is 1.82. The summed E-state index contributed by atoms with van der Waals surface area (Å²) in [6.07, 6.45) is 0.739. The van der Waals surface area contributed by atoms with E-state index in [1.54, 1.807) is 12.1 Å². The summed E-state index contributed by atoms with van der Waals surface area (Å²) in [5, 5.41) is 11.7. The molecule has 0 atom stereocenters. The van der Waals surface area contributed by atoms with Crippen molar-refractivity contribution in [2.24, 2.45) is 0 Å². The van der Waals surface area contributed by atoms with Crippen molar-refractivity contribution in [3.05, 3.63) is 59.7 Å². The first-order chi connectivity index (χ1) is 12.5. The van der Waals surface area contributed by atoms with Gasteiger partial charge in [0.25, 0.3) is 5.91 Å². The molecule has 26 heavy (non-hydrogen) atoms. The quantitative estimate of drug-likeness (QED) is 0.739. The number of esters is 2. The Morgan fingerprint density at radius 2 is 1.42 bits per heavy atom. The van der Waals surface area contributed by atoms with E-state index in [2.05, 4.69) is 5.32 Å². The minimum Gasteiger partial charge on any atom is -0.508 e. The van der Waals surface area contributed by atoms with Crippen LogP contribution in [0.3, 0.4) is 0 Å². The highest BCUT2D eigenvalue weighted by Gasteiger charge is 2.11. The van der Waals surface area contributed by atoms with Gasteiger partial charge in [-0.3, -0.25) is 4.79 Å². The second kappa shape index (κ2) is 9.22. The number of carbonyl (C=O) groups excluding carboxylic acids is 3. The van der Waals surface area contributed by atoms with Crippen LogP contribution in [-0.2, 0) is 14.3 Å². The first kappa shape index (κ1) is 19.0. The molecule has 0 aromatic heterocycles. The second-order valence-corrected chi connectivity index (χ2v) is 5.38. The van der Waals surface area contributed by atoms with Crippen molar-refractivity contribution >= 4 is 23.5 Å². The number of phenols is 1. The third-order valence-corrected chi connectivity index (χ3v) is 3.28. The maximum absolute atomic E-state index is 11.8. The maximum atomic E-state index is 11.8. The molecule has 2 aromatic carbocycles. The molecule has 0 heterocycles. The Hall–Kier alpha value is -3.35. The number of ether oxygens (including phenoxy) is 2. The number of carbonyl (C=O) groups is 3. The molecule has 0 aliphatic heterocycles. The molecule has 0 radical (unpaired) electrons. The van der Waals surface area contributed by atoms with Gasteiger partial charge >= 0.3 is 11.9 Å². The molecule has 0 saturated heterocycles. The van der Waals surface area contributed by atoms with E-state index in [0.29, 0.717) is 17.9 Å². The fourth-order valence-corrected chi connectivity index (χ4v) is 1.98. The lowest BCUT2D eigenvalue weighted by atomic mass is 10.2. The molecule has 0 unspecified atom stereocenters. The molecule has 1 amide bonds. The van der Waals surface area contributed by atoms with Crippen LogP contribution < -0.4 is 5.32 Å². The van der Waals surface area contributed by atoms with E-state index >= 15 is 0 Å². The van der Waals surface area contributed by atoms with Gasteiger partial charge < -0.3 is 19.9 Å². The van der Waals surface area contributed by atoms with Gasteiger partial charge in [-0.05, 0) is 55.0 Å². The standard InChI is InChI=1S/C19H19NO6/c1-2-11-25-18(23)13-3-7-15(8-4-13)20-17(22)12-26-19(24)14-5-9-16(21)10-6-14/h3-10,21H,2,11-12H2,1H3,(H,20,22). The number of hydrogen-bond acceptors (Lipinski definition) is 6. The van der Waals surface area contributed by atoms with Crippen molar-refractivity contribution in [3.63, 3.8) is 0 Å². The zero-order chi connectivity index (χ0) is 18.9. The summed E-state index contributed by atoms with van der Waals surface area (Å²) in [4.78, 5) is 35.3. The fraction of sp³-hybridized carbons (Fsp3) is 0.211. The molecule has 2 N–H and O–H groups in total. The molecule has 0 aliphatic carbocycles. The Morgan fingerprint density at radius 3 is 2.00 bits per heavy atom. The van der Waals surface area contributed by atoms with Crippen molar-refractivity contribution < 1.29 is 29.0 Å². The second-order valence-electron chi connectivity index (χ2n) is 5.38. The third-order valence-electron chi connectivity index (χ3n) is 3.28. The fourth-order valence-electron chi connectivity index (χ4n) is 1.98.